The molecule has 10 heteroatoms. The molecule has 0 unspecified atom stereocenters. The monoisotopic (exact) mass is 694 g/mol. The molecule has 2 aromatic heterocycles. The Bertz CT molecular complexity index is 2090. The third-order valence-corrected chi connectivity index (χ3v) is 8.89. The number of nitrogens with zero attached hydrogens (tertiary/aromatic N) is 4. The first kappa shape index (κ1) is 36.0. The Kier molecular flexibility index (Phi) is 11.7. The molecule has 0 amide bonds. The summed E-state index contributed by atoms with van der Waals surface area (Å²) in [4.78, 5) is 37.2. The van der Waals surface area contributed by atoms with Gasteiger partial charge in [-0.15, -0.1) is 0 Å². The van der Waals surface area contributed by atoms with Crippen molar-refractivity contribution in [1.29, 1.82) is 0 Å². The Morgan fingerprint density at radius 1 is 0.519 bits per heavy atom. The van der Waals surface area contributed by atoms with Gasteiger partial charge in [-0.1, -0.05) is 96.1 Å². The SMILES string of the molecule is Cc1ccc(-n2[nH]c(C)c(C(=NCCNCCNCCN=C(c3ccccc3)c3c(C)[nH]n(-c4ccc(C)cc4)c3=O)c3ccccc3)c2=O)cc1. The highest BCUT2D eigenvalue weighted by molar-refractivity contribution is 6.14. The van der Waals surface area contributed by atoms with Gasteiger partial charge >= 0.3 is 0 Å². The van der Waals surface area contributed by atoms with Crippen LogP contribution < -0.4 is 21.8 Å². The maximum Gasteiger partial charge on any atom is 0.280 e. The van der Waals surface area contributed by atoms with E-state index in [9.17, 15) is 9.59 Å². The molecule has 0 saturated carbocycles. The maximum atomic E-state index is 13.7. The van der Waals surface area contributed by atoms with E-state index in [1.54, 1.807) is 9.36 Å². The zero-order chi connectivity index (χ0) is 36.5. The van der Waals surface area contributed by atoms with Crippen molar-refractivity contribution in [2.45, 2.75) is 27.7 Å². The van der Waals surface area contributed by atoms with Crippen molar-refractivity contribution in [2.24, 2.45) is 9.98 Å². The highest BCUT2D eigenvalue weighted by Gasteiger charge is 2.20. The highest BCUT2D eigenvalue weighted by Crippen LogP contribution is 2.16. The summed E-state index contributed by atoms with van der Waals surface area (Å²) in [6.07, 6.45) is 0. The summed E-state index contributed by atoms with van der Waals surface area (Å²) < 4.78 is 3.17. The molecule has 0 radical (unpaired) electrons. The number of aliphatic imine (C=N–C) groups is 2. The fraction of sp³-hybridized carbons (Fsp3) is 0.238. The standard InChI is InChI=1S/C42H46N8O2/c1-29-15-19-35(20-16-29)49-41(51)37(31(3)47-49)39(33-11-7-5-8-12-33)45-27-25-43-23-24-44-26-28-46-40(34-13-9-6-10-14-34)38-32(4)48-50(42(38)52)36-21-17-30(2)18-22-36/h5-22,43-44,47-48H,23-28H2,1-4H3. The van der Waals surface area contributed by atoms with Gasteiger partial charge in [0.1, 0.15) is 0 Å². The quantitative estimate of drug-likeness (QED) is 0.0846. The largest absolute Gasteiger partial charge is 0.314 e. The van der Waals surface area contributed by atoms with Crippen LogP contribution in [0.4, 0.5) is 0 Å². The second kappa shape index (κ2) is 16.9. The fourth-order valence-electron chi connectivity index (χ4n) is 6.14. The predicted octanol–water partition coefficient (Wildman–Crippen LogP) is 5.43. The first-order chi connectivity index (χ1) is 25.3. The van der Waals surface area contributed by atoms with Gasteiger partial charge in [0.2, 0.25) is 0 Å². The molecule has 0 aliphatic carbocycles. The van der Waals surface area contributed by atoms with Crippen LogP contribution in [-0.2, 0) is 0 Å². The number of hydrogen-bond acceptors (Lipinski definition) is 6. The number of benzene rings is 4. The summed E-state index contributed by atoms with van der Waals surface area (Å²) in [6, 6.07) is 35.4. The van der Waals surface area contributed by atoms with Gasteiger partial charge in [0.25, 0.3) is 11.1 Å². The number of aromatic amines is 2. The van der Waals surface area contributed by atoms with Crippen LogP contribution in [0, 0.1) is 27.7 Å². The van der Waals surface area contributed by atoms with Gasteiger partial charge < -0.3 is 10.6 Å². The lowest BCUT2D eigenvalue weighted by Gasteiger charge is -2.08. The molecular weight excluding hydrogens is 649 g/mol. The minimum atomic E-state index is -0.122. The van der Waals surface area contributed by atoms with Crippen molar-refractivity contribution in [1.82, 2.24) is 30.2 Å². The molecule has 266 valence electrons. The van der Waals surface area contributed by atoms with Crippen LogP contribution in [0.2, 0.25) is 0 Å². The van der Waals surface area contributed by atoms with Gasteiger partial charge in [-0.3, -0.25) is 29.8 Å². The Morgan fingerprint density at radius 2 is 0.885 bits per heavy atom. The minimum Gasteiger partial charge on any atom is -0.314 e. The van der Waals surface area contributed by atoms with E-state index < -0.39 is 0 Å². The van der Waals surface area contributed by atoms with Gasteiger partial charge in [0, 0.05) is 48.7 Å². The van der Waals surface area contributed by atoms with Crippen molar-refractivity contribution in [3.05, 3.63) is 175 Å². The van der Waals surface area contributed by atoms with Gasteiger partial charge in [-0.25, -0.2) is 9.36 Å². The molecule has 2 heterocycles. The lowest BCUT2D eigenvalue weighted by atomic mass is 10.0. The maximum absolute atomic E-state index is 13.7. The smallest absolute Gasteiger partial charge is 0.280 e. The fourth-order valence-corrected chi connectivity index (χ4v) is 6.14. The van der Waals surface area contributed by atoms with Gasteiger partial charge in [-0.05, 0) is 52.0 Å². The van der Waals surface area contributed by atoms with E-state index in [2.05, 4.69) is 20.8 Å². The van der Waals surface area contributed by atoms with Gasteiger partial charge in [0.15, 0.2) is 0 Å². The second-order valence-electron chi connectivity index (χ2n) is 12.9. The van der Waals surface area contributed by atoms with Crippen LogP contribution in [0.3, 0.4) is 0 Å². The van der Waals surface area contributed by atoms with Crippen molar-refractivity contribution >= 4 is 11.4 Å². The Labute approximate surface area is 304 Å². The second-order valence-corrected chi connectivity index (χ2v) is 12.9. The zero-order valence-corrected chi connectivity index (χ0v) is 30.2. The number of rotatable bonds is 15. The number of hydrogen-bond donors (Lipinski definition) is 4. The topological polar surface area (TPSA) is 124 Å². The highest BCUT2D eigenvalue weighted by atomic mass is 16.1. The van der Waals surface area contributed by atoms with Crippen LogP contribution >= 0.6 is 0 Å². The van der Waals surface area contributed by atoms with Crippen molar-refractivity contribution in [2.75, 3.05) is 39.3 Å². The average Bonchev–Trinajstić information content (AvgIpc) is 3.62. The van der Waals surface area contributed by atoms with E-state index >= 15 is 0 Å². The molecule has 6 rings (SSSR count). The number of H-pyrrole nitrogens is 2. The van der Waals surface area contributed by atoms with E-state index in [0.717, 1.165) is 58.1 Å². The Balaban J connectivity index is 1.06. The van der Waals surface area contributed by atoms with Crippen LogP contribution in [0.1, 0.15) is 44.8 Å². The summed E-state index contributed by atoms with van der Waals surface area (Å²) in [7, 11) is 0. The van der Waals surface area contributed by atoms with Crippen LogP contribution in [0.25, 0.3) is 11.4 Å². The molecule has 4 N–H and O–H groups in total. The molecule has 52 heavy (non-hydrogen) atoms. The van der Waals surface area contributed by atoms with E-state index in [1.165, 1.54) is 0 Å². The van der Waals surface area contributed by atoms with Crippen molar-refractivity contribution in [3.63, 3.8) is 0 Å². The molecular formula is C42H46N8O2. The Morgan fingerprint density at radius 3 is 1.25 bits per heavy atom. The number of aromatic nitrogens is 4. The molecule has 0 bridgehead atoms. The van der Waals surface area contributed by atoms with Crippen molar-refractivity contribution in [3.8, 4) is 11.4 Å². The summed E-state index contributed by atoms with van der Waals surface area (Å²) >= 11 is 0. The van der Waals surface area contributed by atoms with E-state index in [0.29, 0.717) is 48.7 Å². The minimum absolute atomic E-state index is 0.122. The molecule has 4 aromatic carbocycles. The molecule has 0 aliphatic rings. The lowest BCUT2D eigenvalue weighted by molar-refractivity contribution is 0.619. The van der Waals surface area contributed by atoms with Gasteiger partial charge in [0.05, 0.1) is 47.0 Å². The summed E-state index contributed by atoms with van der Waals surface area (Å²) in [5.74, 6) is 0. The zero-order valence-electron chi connectivity index (χ0n) is 30.2. The number of nitrogens with one attached hydrogen (secondary N) is 4. The average molecular weight is 695 g/mol. The van der Waals surface area contributed by atoms with Crippen LogP contribution in [0.15, 0.2) is 129 Å². The Hall–Kier alpha value is -5.84. The molecule has 0 saturated heterocycles. The molecule has 0 aliphatic heterocycles. The lowest BCUT2D eigenvalue weighted by Crippen LogP contribution is -2.30. The third-order valence-electron chi connectivity index (χ3n) is 8.89. The summed E-state index contributed by atoms with van der Waals surface area (Å²) in [5.41, 5.74) is 9.45. The van der Waals surface area contributed by atoms with E-state index in [-0.39, 0.29) is 11.1 Å². The number of aryl methyl sites for hydroxylation is 4. The van der Waals surface area contributed by atoms with Gasteiger partial charge in [-0.2, -0.15) is 0 Å². The first-order valence-corrected chi connectivity index (χ1v) is 17.7. The van der Waals surface area contributed by atoms with Crippen molar-refractivity contribution < 1.29 is 0 Å². The van der Waals surface area contributed by atoms with E-state index in [4.69, 9.17) is 9.98 Å². The van der Waals surface area contributed by atoms with E-state index in [1.807, 2.05) is 137 Å². The third kappa shape index (κ3) is 8.37. The molecule has 6 aromatic rings. The molecule has 0 atom stereocenters. The summed E-state index contributed by atoms with van der Waals surface area (Å²) in [5, 5.41) is 13.4. The first-order valence-electron chi connectivity index (χ1n) is 17.7. The van der Waals surface area contributed by atoms with Crippen LogP contribution in [0.5, 0.6) is 0 Å². The molecule has 10 nitrogen and oxygen atoms in total. The molecule has 0 spiro atoms. The predicted molar refractivity (Wildman–Crippen MR) is 211 cm³/mol. The normalized spacial score (nSPS) is 12.1. The summed E-state index contributed by atoms with van der Waals surface area (Å²) in [6.45, 7) is 11.7. The molecule has 0 fully saturated rings. The van der Waals surface area contributed by atoms with Crippen LogP contribution in [-0.4, -0.2) is 70.3 Å².